The van der Waals surface area contributed by atoms with Crippen LogP contribution in [0, 0.1) is 13.8 Å². The molecule has 0 aromatic heterocycles. The molecule has 3 aromatic carbocycles. The van der Waals surface area contributed by atoms with Gasteiger partial charge in [-0.25, -0.2) is 0 Å². The lowest BCUT2D eigenvalue weighted by Gasteiger charge is -2.25. The maximum atomic E-state index is 9.43. The fraction of sp³-hybridized carbons (Fsp3) is 0.130. The number of aliphatic carboxylic acids is 2. The summed E-state index contributed by atoms with van der Waals surface area (Å²) in [4.78, 5) is 21.1. The molecule has 0 atom stereocenters. The number of rotatable bonds is 5. The van der Waals surface area contributed by atoms with Crippen LogP contribution >= 0.6 is 0 Å². The Kier molecular flexibility index (Phi) is 7.34. The number of anilines is 3. The molecule has 0 bridgehead atoms. The van der Waals surface area contributed by atoms with E-state index in [0.29, 0.717) is 0 Å². The molecule has 5 heteroatoms. The van der Waals surface area contributed by atoms with Gasteiger partial charge in [0.1, 0.15) is 6.42 Å². The summed E-state index contributed by atoms with van der Waals surface area (Å²) < 4.78 is 0. The highest BCUT2D eigenvalue weighted by molar-refractivity contribution is 5.88. The van der Waals surface area contributed by atoms with Crippen LogP contribution in [-0.4, -0.2) is 22.2 Å². The van der Waals surface area contributed by atoms with Crippen molar-refractivity contribution in [2.45, 2.75) is 20.3 Å². The molecule has 0 aliphatic rings. The van der Waals surface area contributed by atoms with E-state index in [1.807, 2.05) is 6.07 Å². The fourth-order valence-corrected chi connectivity index (χ4v) is 2.54. The average molecular weight is 377 g/mol. The van der Waals surface area contributed by atoms with Gasteiger partial charge in [0.05, 0.1) is 0 Å². The molecule has 0 saturated carbocycles. The summed E-state index contributed by atoms with van der Waals surface area (Å²) in [6.45, 7) is 4.23. The number of hydrogen-bond acceptors (Lipinski definition) is 3. The second-order valence-electron chi connectivity index (χ2n) is 6.31. The van der Waals surface area contributed by atoms with Crippen LogP contribution in [0.5, 0.6) is 0 Å². The second-order valence-corrected chi connectivity index (χ2v) is 6.31. The third-order valence-electron chi connectivity index (χ3n) is 3.90. The van der Waals surface area contributed by atoms with E-state index < -0.39 is 18.4 Å². The van der Waals surface area contributed by atoms with Crippen LogP contribution < -0.4 is 4.90 Å². The summed E-state index contributed by atoms with van der Waals surface area (Å²) in [6, 6.07) is 27.8. The van der Waals surface area contributed by atoms with Gasteiger partial charge >= 0.3 is 11.9 Å². The van der Waals surface area contributed by atoms with Crippen LogP contribution in [0.4, 0.5) is 17.1 Å². The Hall–Kier alpha value is -3.60. The third-order valence-corrected chi connectivity index (χ3v) is 3.90. The van der Waals surface area contributed by atoms with Crippen molar-refractivity contribution in [2.24, 2.45) is 0 Å². The van der Waals surface area contributed by atoms with Gasteiger partial charge in [-0.2, -0.15) is 0 Å². The Morgan fingerprint density at radius 3 is 1.32 bits per heavy atom. The molecule has 3 rings (SSSR count). The standard InChI is InChI=1S/C20H19N.C3H4O4/c1-16-8-12-19(13-9-16)21(18-6-4-3-5-7-18)20-14-10-17(2)11-15-20;4-2(5)1-3(6)7/h3-15H,1-2H3;1H2,(H,4,5)(H,6,7). The summed E-state index contributed by atoms with van der Waals surface area (Å²) in [5.74, 6) is -2.62. The third kappa shape index (κ3) is 6.29. The first-order valence-electron chi connectivity index (χ1n) is 8.79. The summed E-state index contributed by atoms with van der Waals surface area (Å²) in [7, 11) is 0. The van der Waals surface area contributed by atoms with Crippen molar-refractivity contribution in [3.05, 3.63) is 90.0 Å². The SMILES string of the molecule is Cc1ccc(N(c2ccccc2)c2ccc(C)cc2)cc1.O=C(O)CC(=O)O. The number of nitrogens with zero attached hydrogens (tertiary/aromatic N) is 1. The molecule has 5 nitrogen and oxygen atoms in total. The van der Waals surface area contributed by atoms with Crippen LogP contribution in [0.3, 0.4) is 0 Å². The summed E-state index contributed by atoms with van der Waals surface area (Å²) in [5.41, 5.74) is 6.07. The normalized spacial score (nSPS) is 9.79. The number of benzene rings is 3. The molecule has 0 fully saturated rings. The first kappa shape index (κ1) is 20.7. The topological polar surface area (TPSA) is 77.8 Å². The quantitative estimate of drug-likeness (QED) is 0.589. The Morgan fingerprint density at radius 1 is 0.643 bits per heavy atom. The minimum Gasteiger partial charge on any atom is -0.481 e. The lowest BCUT2D eigenvalue weighted by Crippen LogP contribution is -2.09. The molecule has 3 aromatic rings. The molecule has 144 valence electrons. The minimum absolute atomic E-state index is 0.806. The van der Waals surface area contributed by atoms with E-state index >= 15 is 0 Å². The van der Waals surface area contributed by atoms with Crippen LogP contribution in [0.15, 0.2) is 78.9 Å². The zero-order valence-corrected chi connectivity index (χ0v) is 15.9. The summed E-state index contributed by atoms with van der Waals surface area (Å²) in [6.07, 6.45) is -0.806. The number of hydrogen-bond donors (Lipinski definition) is 2. The number of carboxylic acid groups (broad SMARTS) is 2. The molecule has 0 heterocycles. The van der Waals surface area contributed by atoms with Gasteiger partial charge in [0.2, 0.25) is 0 Å². The van der Waals surface area contributed by atoms with Crippen molar-refractivity contribution >= 4 is 29.0 Å². The van der Waals surface area contributed by atoms with E-state index in [0.717, 1.165) is 0 Å². The fourth-order valence-electron chi connectivity index (χ4n) is 2.54. The monoisotopic (exact) mass is 377 g/mol. The van der Waals surface area contributed by atoms with E-state index in [1.54, 1.807) is 0 Å². The second kappa shape index (κ2) is 9.92. The molecular weight excluding hydrogens is 354 g/mol. The summed E-state index contributed by atoms with van der Waals surface area (Å²) >= 11 is 0. The Morgan fingerprint density at radius 2 is 1.00 bits per heavy atom. The molecule has 2 N–H and O–H groups in total. The maximum Gasteiger partial charge on any atom is 0.314 e. The first-order chi connectivity index (χ1) is 13.4. The molecule has 0 aliphatic carbocycles. The van der Waals surface area contributed by atoms with Gasteiger partial charge in [0, 0.05) is 17.1 Å². The van der Waals surface area contributed by atoms with Crippen molar-refractivity contribution in [2.75, 3.05) is 4.90 Å². The van der Waals surface area contributed by atoms with Gasteiger partial charge in [-0.15, -0.1) is 0 Å². The highest BCUT2D eigenvalue weighted by Crippen LogP contribution is 2.34. The van der Waals surface area contributed by atoms with Crippen molar-refractivity contribution in [3.63, 3.8) is 0 Å². The van der Waals surface area contributed by atoms with Crippen LogP contribution in [0.1, 0.15) is 17.5 Å². The molecule has 0 aliphatic heterocycles. The number of para-hydroxylation sites is 1. The minimum atomic E-state index is -1.31. The van der Waals surface area contributed by atoms with Crippen LogP contribution in [0.25, 0.3) is 0 Å². The molecule has 28 heavy (non-hydrogen) atoms. The van der Waals surface area contributed by atoms with Crippen LogP contribution in [-0.2, 0) is 9.59 Å². The zero-order valence-electron chi connectivity index (χ0n) is 15.9. The maximum absolute atomic E-state index is 9.43. The van der Waals surface area contributed by atoms with E-state index in [4.69, 9.17) is 10.2 Å². The van der Waals surface area contributed by atoms with Crippen LogP contribution in [0.2, 0.25) is 0 Å². The van der Waals surface area contributed by atoms with Gasteiger partial charge in [0.25, 0.3) is 0 Å². The zero-order chi connectivity index (χ0) is 20.5. The molecule has 0 amide bonds. The highest BCUT2D eigenvalue weighted by Gasteiger charge is 2.11. The summed E-state index contributed by atoms with van der Waals surface area (Å²) in [5, 5.41) is 15.4. The smallest absolute Gasteiger partial charge is 0.314 e. The van der Waals surface area contributed by atoms with E-state index in [1.165, 1.54) is 28.2 Å². The van der Waals surface area contributed by atoms with Gasteiger partial charge < -0.3 is 15.1 Å². The van der Waals surface area contributed by atoms with Gasteiger partial charge in [-0.05, 0) is 50.2 Å². The number of carboxylic acids is 2. The van der Waals surface area contributed by atoms with E-state index in [2.05, 4.69) is 91.5 Å². The molecule has 0 radical (unpaired) electrons. The van der Waals surface area contributed by atoms with Crippen molar-refractivity contribution in [3.8, 4) is 0 Å². The molecule has 0 unspecified atom stereocenters. The Balaban J connectivity index is 0.000000345. The van der Waals surface area contributed by atoms with Crippen molar-refractivity contribution < 1.29 is 19.8 Å². The highest BCUT2D eigenvalue weighted by atomic mass is 16.4. The number of carbonyl (C=O) groups is 2. The lowest BCUT2D eigenvalue weighted by atomic mass is 10.1. The van der Waals surface area contributed by atoms with E-state index in [9.17, 15) is 9.59 Å². The predicted octanol–water partition coefficient (Wildman–Crippen LogP) is 5.32. The molecule has 0 saturated heterocycles. The Bertz CT molecular complexity index is 846. The average Bonchev–Trinajstić information content (AvgIpc) is 2.65. The van der Waals surface area contributed by atoms with Gasteiger partial charge in [0.15, 0.2) is 0 Å². The Labute approximate surface area is 164 Å². The van der Waals surface area contributed by atoms with Gasteiger partial charge in [-0.1, -0.05) is 53.6 Å². The lowest BCUT2D eigenvalue weighted by molar-refractivity contribution is -0.147. The van der Waals surface area contributed by atoms with Gasteiger partial charge in [-0.3, -0.25) is 9.59 Å². The number of aryl methyl sites for hydroxylation is 2. The van der Waals surface area contributed by atoms with Crippen molar-refractivity contribution in [1.29, 1.82) is 0 Å². The largest absolute Gasteiger partial charge is 0.481 e. The molecular formula is C23H23NO4. The van der Waals surface area contributed by atoms with E-state index in [-0.39, 0.29) is 0 Å². The molecule has 0 spiro atoms. The predicted molar refractivity (Wildman–Crippen MR) is 110 cm³/mol. The first-order valence-corrected chi connectivity index (χ1v) is 8.79. The van der Waals surface area contributed by atoms with Crippen molar-refractivity contribution in [1.82, 2.24) is 0 Å².